The van der Waals surface area contributed by atoms with Gasteiger partial charge < -0.3 is 11.1 Å². The highest BCUT2D eigenvalue weighted by Gasteiger charge is 2.15. The van der Waals surface area contributed by atoms with Crippen molar-refractivity contribution in [1.82, 2.24) is 4.98 Å². The van der Waals surface area contributed by atoms with E-state index in [0.29, 0.717) is 15.6 Å². The van der Waals surface area contributed by atoms with Crippen molar-refractivity contribution in [2.24, 2.45) is 5.73 Å². The zero-order chi connectivity index (χ0) is 14.1. The monoisotopic (exact) mass is 323 g/mol. The molecule has 104 valence electrons. The maximum absolute atomic E-state index is 6.17. The highest BCUT2D eigenvalue weighted by molar-refractivity contribution is 7.80. The molecule has 3 nitrogen and oxygen atoms in total. The topological polar surface area (TPSA) is 50.9 Å². The minimum Gasteiger partial charge on any atom is -0.389 e. The van der Waals surface area contributed by atoms with Crippen LogP contribution in [0.1, 0.15) is 29.0 Å². The molecule has 1 aliphatic rings. The van der Waals surface area contributed by atoms with Gasteiger partial charge in [-0.2, -0.15) is 0 Å². The van der Waals surface area contributed by atoms with Crippen LogP contribution in [0.15, 0.2) is 18.2 Å². The van der Waals surface area contributed by atoms with Crippen molar-refractivity contribution in [3.8, 4) is 0 Å². The molecular formula is C14H14ClN3S2. The van der Waals surface area contributed by atoms with Crippen LogP contribution in [0, 0.1) is 0 Å². The lowest BCUT2D eigenvalue weighted by molar-refractivity contribution is 0.683. The fourth-order valence-corrected chi connectivity index (χ4v) is 3.91. The van der Waals surface area contributed by atoms with Gasteiger partial charge in [0.15, 0.2) is 5.13 Å². The summed E-state index contributed by atoms with van der Waals surface area (Å²) in [5.41, 5.74) is 8.45. The number of hydrogen-bond acceptors (Lipinski definition) is 4. The van der Waals surface area contributed by atoms with Crippen LogP contribution in [0.25, 0.3) is 0 Å². The lowest BCUT2D eigenvalue weighted by atomic mass is 10.0. The lowest BCUT2D eigenvalue weighted by Crippen LogP contribution is -2.09. The molecule has 0 unspecified atom stereocenters. The molecule has 3 rings (SSSR count). The van der Waals surface area contributed by atoms with Crippen LogP contribution in [-0.4, -0.2) is 9.97 Å². The van der Waals surface area contributed by atoms with E-state index in [1.807, 2.05) is 18.2 Å². The summed E-state index contributed by atoms with van der Waals surface area (Å²) in [6.45, 7) is 0. The summed E-state index contributed by atoms with van der Waals surface area (Å²) in [7, 11) is 0. The highest BCUT2D eigenvalue weighted by atomic mass is 35.5. The molecule has 1 aromatic carbocycles. The van der Waals surface area contributed by atoms with Gasteiger partial charge in [0.25, 0.3) is 0 Å². The normalized spacial score (nSPS) is 13.8. The molecule has 1 heterocycles. The fourth-order valence-electron chi connectivity index (χ4n) is 2.32. The van der Waals surface area contributed by atoms with Gasteiger partial charge in [0.05, 0.1) is 10.7 Å². The van der Waals surface area contributed by atoms with Gasteiger partial charge in [0, 0.05) is 16.1 Å². The van der Waals surface area contributed by atoms with Gasteiger partial charge in [0.1, 0.15) is 4.99 Å². The lowest BCUT2D eigenvalue weighted by Gasteiger charge is -2.06. The van der Waals surface area contributed by atoms with Crippen molar-refractivity contribution in [3.05, 3.63) is 39.4 Å². The molecule has 3 N–H and O–H groups in total. The maximum atomic E-state index is 6.17. The van der Waals surface area contributed by atoms with Crippen LogP contribution in [0.5, 0.6) is 0 Å². The summed E-state index contributed by atoms with van der Waals surface area (Å²) >= 11 is 12.8. The summed E-state index contributed by atoms with van der Waals surface area (Å²) < 4.78 is 0. The number of fused-ring (bicyclic) bond motifs is 1. The van der Waals surface area contributed by atoms with Gasteiger partial charge in [0.2, 0.25) is 0 Å². The Morgan fingerprint density at radius 3 is 2.85 bits per heavy atom. The summed E-state index contributed by atoms with van der Waals surface area (Å²) in [5, 5.41) is 4.79. The second kappa shape index (κ2) is 5.68. The molecule has 0 saturated heterocycles. The number of thiocarbonyl (C=S) groups is 1. The van der Waals surface area contributed by atoms with Crippen LogP contribution >= 0.6 is 35.2 Å². The first-order valence-electron chi connectivity index (χ1n) is 6.48. The van der Waals surface area contributed by atoms with E-state index in [4.69, 9.17) is 29.6 Å². The first-order valence-corrected chi connectivity index (χ1v) is 8.09. The minimum absolute atomic E-state index is 0.311. The molecule has 0 radical (unpaired) electrons. The van der Waals surface area contributed by atoms with E-state index in [-0.39, 0.29) is 0 Å². The quantitative estimate of drug-likeness (QED) is 0.837. The van der Waals surface area contributed by atoms with Crippen molar-refractivity contribution >= 4 is 51.0 Å². The summed E-state index contributed by atoms with van der Waals surface area (Å²) in [6.07, 6.45) is 4.75. The predicted molar refractivity (Wildman–Crippen MR) is 89.4 cm³/mol. The van der Waals surface area contributed by atoms with Crippen molar-refractivity contribution in [3.63, 3.8) is 0 Å². The molecule has 0 saturated carbocycles. The number of thiazole rings is 1. The van der Waals surface area contributed by atoms with Gasteiger partial charge in [-0.25, -0.2) is 4.98 Å². The molecule has 0 spiro atoms. The SMILES string of the molecule is NC(=S)c1ccc(Nc2nc3c(s2)CCCC3)cc1Cl. The van der Waals surface area contributed by atoms with E-state index in [1.165, 1.54) is 23.4 Å². The molecule has 0 aliphatic heterocycles. The third kappa shape index (κ3) is 2.80. The van der Waals surface area contributed by atoms with Crippen molar-refractivity contribution < 1.29 is 0 Å². The zero-order valence-electron chi connectivity index (χ0n) is 10.8. The Bertz CT molecular complexity index is 643. The van der Waals surface area contributed by atoms with Crippen molar-refractivity contribution in [2.45, 2.75) is 25.7 Å². The molecule has 6 heteroatoms. The van der Waals surface area contributed by atoms with Crippen LogP contribution < -0.4 is 11.1 Å². The predicted octanol–water partition coefficient (Wildman–Crippen LogP) is 4.05. The molecule has 0 fully saturated rings. The van der Waals surface area contributed by atoms with Crippen LogP contribution in [-0.2, 0) is 12.8 Å². The first kappa shape index (κ1) is 13.8. The van der Waals surface area contributed by atoms with Crippen molar-refractivity contribution in [2.75, 3.05) is 5.32 Å². The van der Waals surface area contributed by atoms with Gasteiger partial charge in [-0.3, -0.25) is 0 Å². The molecule has 1 aromatic heterocycles. The zero-order valence-corrected chi connectivity index (χ0v) is 13.2. The second-order valence-electron chi connectivity index (χ2n) is 4.78. The number of hydrogen-bond donors (Lipinski definition) is 2. The third-order valence-electron chi connectivity index (χ3n) is 3.33. The van der Waals surface area contributed by atoms with Gasteiger partial charge in [-0.1, -0.05) is 23.8 Å². The van der Waals surface area contributed by atoms with E-state index in [1.54, 1.807) is 11.3 Å². The summed E-state index contributed by atoms with van der Waals surface area (Å²) in [5.74, 6) is 0. The average molecular weight is 324 g/mol. The maximum Gasteiger partial charge on any atom is 0.187 e. The number of aromatic nitrogens is 1. The number of nitrogens with zero attached hydrogens (tertiary/aromatic N) is 1. The largest absolute Gasteiger partial charge is 0.389 e. The molecule has 1 aliphatic carbocycles. The van der Waals surface area contributed by atoms with Crippen molar-refractivity contribution in [1.29, 1.82) is 0 Å². The first-order chi connectivity index (χ1) is 9.63. The van der Waals surface area contributed by atoms with Crippen LogP contribution in [0.3, 0.4) is 0 Å². The number of anilines is 2. The van der Waals surface area contributed by atoms with Crippen LogP contribution in [0.4, 0.5) is 10.8 Å². The Hall–Kier alpha value is -1.17. The van der Waals surface area contributed by atoms with E-state index in [0.717, 1.165) is 23.7 Å². The molecule has 2 aromatic rings. The third-order valence-corrected chi connectivity index (χ3v) is 4.94. The smallest absolute Gasteiger partial charge is 0.187 e. The fraction of sp³-hybridized carbons (Fsp3) is 0.286. The van der Waals surface area contributed by atoms with E-state index < -0.39 is 0 Å². The van der Waals surface area contributed by atoms with Gasteiger partial charge in [-0.15, -0.1) is 11.3 Å². The highest BCUT2D eigenvalue weighted by Crippen LogP contribution is 2.32. The Balaban J connectivity index is 1.82. The molecule has 0 bridgehead atoms. The van der Waals surface area contributed by atoms with E-state index in [9.17, 15) is 0 Å². The number of aryl methyl sites for hydroxylation is 2. The van der Waals surface area contributed by atoms with Gasteiger partial charge in [-0.05, 0) is 43.9 Å². The number of halogens is 1. The second-order valence-corrected chi connectivity index (χ2v) is 6.71. The molecule has 0 atom stereocenters. The summed E-state index contributed by atoms with van der Waals surface area (Å²) in [6, 6.07) is 5.58. The summed E-state index contributed by atoms with van der Waals surface area (Å²) in [4.78, 5) is 6.37. The Labute approximate surface area is 132 Å². The minimum atomic E-state index is 0.311. The van der Waals surface area contributed by atoms with E-state index in [2.05, 4.69) is 10.3 Å². The average Bonchev–Trinajstić information content (AvgIpc) is 2.80. The van der Waals surface area contributed by atoms with E-state index >= 15 is 0 Å². The number of nitrogens with two attached hydrogens (primary N) is 1. The number of benzene rings is 1. The van der Waals surface area contributed by atoms with Crippen LogP contribution in [0.2, 0.25) is 5.02 Å². The number of rotatable bonds is 3. The Morgan fingerprint density at radius 2 is 2.15 bits per heavy atom. The standard InChI is InChI=1S/C14H14ClN3S2/c15-10-7-8(5-6-9(10)13(16)19)17-14-18-11-3-1-2-4-12(11)20-14/h5-7H,1-4H2,(H2,16,19)(H,17,18). The molecule has 0 amide bonds. The molecule has 20 heavy (non-hydrogen) atoms. The number of nitrogens with one attached hydrogen (secondary N) is 1. The Morgan fingerprint density at radius 1 is 1.35 bits per heavy atom. The Kier molecular flexibility index (Phi) is 3.92. The van der Waals surface area contributed by atoms with Gasteiger partial charge >= 0.3 is 0 Å². The molecular weight excluding hydrogens is 310 g/mol.